The Morgan fingerprint density at radius 2 is 1.62 bits per heavy atom. The number of aryl methyl sites for hydroxylation is 2. The van der Waals surface area contributed by atoms with Gasteiger partial charge < -0.3 is 10.1 Å². The summed E-state index contributed by atoms with van der Waals surface area (Å²) in [5.41, 5.74) is 3.43. The normalized spacial score (nSPS) is 11.1. The highest BCUT2D eigenvalue weighted by Gasteiger charge is 2.16. The van der Waals surface area contributed by atoms with Crippen LogP contribution in [-0.2, 0) is 10.0 Å². The van der Waals surface area contributed by atoms with Gasteiger partial charge in [-0.25, -0.2) is 8.42 Å². The van der Waals surface area contributed by atoms with Crippen LogP contribution in [0.4, 0.5) is 11.4 Å². The first-order valence-corrected chi connectivity index (χ1v) is 12.0. The lowest BCUT2D eigenvalue weighted by Crippen LogP contribution is -2.14. The lowest BCUT2D eigenvalue weighted by molar-refractivity contribution is 0.102. The van der Waals surface area contributed by atoms with Crippen molar-refractivity contribution >= 4 is 27.3 Å². The molecule has 0 aliphatic carbocycles. The molecule has 0 saturated heterocycles. The summed E-state index contributed by atoms with van der Waals surface area (Å²) in [6.07, 6.45) is 2.04. The fourth-order valence-electron chi connectivity index (χ4n) is 3.09. The van der Waals surface area contributed by atoms with Crippen LogP contribution in [0.5, 0.6) is 5.75 Å². The Kier molecular flexibility index (Phi) is 7.53. The van der Waals surface area contributed by atoms with Gasteiger partial charge >= 0.3 is 0 Å². The Hall–Kier alpha value is -3.32. The molecule has 0 radical (unpaired) electrons. The highest BCUT2D eigenvalue weighted by molar-refractivity contribution is 7.92. The first-order valence-electron chi connectivity index (χ1n) is 10.5. The summed E-state index contributed by atoms with van der Waals surface area (Å²) in [7, 11) is -3.74. The van der Waals surface area contributed by atoms with Crippen LogP contribution >= 0.6 is 0 Å². The van der Waals surface area contributed by atoms with Gasteiger partial charge in [-0.1, -0.05) is 31.0 Å². The first-order chi connectivity index (χ1) is 15.3. The maximum Gasteiger partial charge on any atom is 0.261 e. The number of amides is 1. The predicted molar refractivity (Wildman–Crippen MR) is 128 cm³/mol. The van der Waals surface area contributed by atoms with Crippen molar-refractivity contribution in [2.45, 2.75) is 38.5 Å². The standard InChI is InChI=1S/C25H28N2O4S/c1-4-5-16-31-22-11-7-20(8-12-22)25(28)26-21-9-13-23(14-10-21)32(29,30)27-24-15-6-18(2)17-19(24)3/h6-15,17,27H,4-5,16H2,1-3H3,(H,26,28). The number of hydrogen-bond donors (Lipinski definition) is 2. The van der Waals surface area contributed by atoms with Crippen LogP contribution in [-0.4, -0.2) is 20.9 Å². The van der Waals surface area contributed by atoms with Gasteiger partial charge in [0.2, 0.25) is 0 Å². The largest absolute Gasteiger partial charge is 0.494 e. The Bertz CT molecular complexity index is 1170. The molecule has 0 saturated carbocycles. The van der Waals surface area contributed by atoms with E-state index < -0.39 is 10.0 Å². The molecule has 2 N–H and O–H groups in total. The van der Waals surface area contributed by atoms with Gasteiger partial charge in [-0.2, -0.15) is 0 Å². The van der Waals surface area contributed by atoms with Gasteiger partial charge in [-0.3, -0.25) is 9.52 Å². The van der Waals surface area contributed by atoms with Crippen molar-refractivity contribution in [2.24, 2.45) is 0 Å². The molecule has 0 aromatic heterocycles. The number of carbonyl (C=O) groups excluding carboxylic acids is 1. The van der Waals surface area contributed by atoms with Crippen LogP contribution in [0.15, 0.2) is 71.6 Å². The van der Waals surface area contributed by atoms with Crippen LogP contribution < -0.4 is 14.8 Å². The van der Waals surface area contributed by atoms with E-state index in [1.165, 1.54) is 12.1 Å². The zero-order valence-corrected chi connectivity index (χ0v) is 19.3. The number of nitrogens with one attached hydrogen (secondary N) is 2. The third kappa shape index (κ3) is 6.11. The predicted octanol–water partition coefficient (Wildman–Crippen LogP) is 5.54. The Morgan fingerprint density at radius 3 is 2.25 bits per heavy atom. The fraction of sp³-hybridized carbons (Fsp3) is 0.240. The SMILES string of the molecule is CCCCOc1ccc(C(=O)Nc2ccc(S(=O)(=O)Nc3ccc(C)cc3C)cc2)cc1. The van der Waals surface area contributed by atoms with Crippen molar-refractivity contribution in [3.8, 4) is 5.75 Å². The number of anilines is 2. The Labute approximate surface area is 189 Å². The van der Waals surface area contributed by atoms with E-state index in [2.05, 4.69) is 17.0 Å². The minimum atomic E-state index is -3.74. The van der Waals surface area contributed by atoms with Crippen molar-refractivity contribution in [1.29, 1.82) is 0 Å². The van der Waals surface area contributed by atoms with Gasteiger partial charge in [0.05, 0.1) is 17.2 Å². The summed E-state index contributed by atoms with van der Waals surface area (Å²) < 4.78 is 33.6. The number of hydrogen-bond acceptors (Lipinski definition) is 4. The molecule has 1 amide bonds. The Balaban J connectivity index is 1.64. The van der Waals surface area contributed by atoms with E-state index in [9.17, 15) is 13.2 Å². The van der Waals surface area contributed by atoms with E-state index in [1.807, 2.05) is 26.0 Å². The lowest BCUT2D eigenvalue weighted by atomic mass is 10.1. The van der Waals surface area contributed by atoms with Gasteiger partial charge in [0.15, 0.2) is 0 Å². The summed E-state index contributed by atoms with van der Waals surface area (Å²) >= 11 is 0. The van der Waals surface area contributed by atoms with Gasteiger partial charge in [-0.15, -0.1) is 0 Å². The zero-order valence-electron chi connectivity index (χ0n) is 18.5. The van der Waals surface area contributed by atoms with Gasteiger partial charge in [0, 0.05) is 11.3 Å². The molecule has 0 heterocycles. The third-order valence-corrected chi connectivity index (χ3v) is 6.31. The van der Waals surface area contributed by atoms with Gasteiger partial charge in [-0.05, 0) is 80.4 Å². The zero-order chi connectivity index (χ0) is 23.1. The summed E-state index contributed by atoms with van der Waals surface area (Å²) in [6, 6.07) is 18.5. The molecule has 3 aromatic carbocycles. The average molecular weight is 453 g/mol. The van der Waals surface area contributed by atoms with Gasteiger partial charge in [0.1, 0.15) is 5.75 Å². The van der Waals surface area contributed by atoms with Crippen LogP contribution in [0.3, 0.4) is 0 Å². The van der Waals surface area contributed by atoms with E-state index in [1.54, 1.807) is 42.5 Å². The quantitative estimate of drug-likeness (QED) is 0.418. The molecule has 6 nitrogen and oxygen atoms in total. The highest BCUT2D eigenvalue weighted by atomic mass is 32.2. The molecule has 3 rings (SSSR count). The van der Waals surface area contributed by atoms with E-state index in [4.69, 9.17) is 4.74 Å². The van der Waals surface area contributed by atoms with E-state index in [0.29, 0.717) is 23.5 Å². The topological polar surface area (TPSA) is 84.5 Å². The molecule has 0 bridgehead atoms. The minimum Gasteiger partial charge on any atom is -0.494 e. The maximum atomic E-state index is 12.7. The van der Waals surface area contributed by atoms with E-state index in [-0.39, 0.29) is 10.8 Å². The van der Waals surface area contributed by atoms with E-state index in [0.717, 1.165) is 29.7 Å². The highest BCUT2D eigenvalue weighted by Crippen LogP contribution is 2.22. The average Bonchev–Trinajstić information content (AvgIpc) is 2.77. The second-order valence-electron chi connectivity index (χ2n) is 7.63. The second-order valence-corrected chi connectivity index (χ2v) is 9.31. The van der Waals surface area contributed by atoms with Crippen molar-refractivity contribution in [3.05, 3.63) is 83.4 Å². The van der Waals surface area contributed by atoms with Crippen LogP contribution in [0.25, 0.3) is 0 Å². The number of sulfonamides is 1. The van der Waals surface area contributed by atoms with Crippen LogP contribution in [0.1, 0.15) is 41.3 Å². The summed E-state index contributed by atoms with van der Waals surface area (Å²) in [5.74, 6) is 0.440. The molecule has 0 spiro atoms. The molecule has 168 valence electrons. The molecule has 0 aliphatic rings. The number of unbranched alkanes of at least 4 members (excludes halogenated alkanes) is 1. The van der Waals surface area contributed by atoms with Crippen LogP contribution in [0, 0.1) is 13.8 Å². The van der Waals surface area contributed by atoms with Gasteiger partial charge in [0.25, 0.3) is 15.9 Å². The smallest absolute Gasteiger partial charge is 0.261 e. The van der Waals surface area contributed by atoms with Crippen molar-refractivity contribution in [1.82, 2.24) is 0 Å². The second kappa shape index (κ2) is 10.3. The fourth-order valence-corrected chi connectivity index (χ4v) is 4.22. The molecular weight excluding hydrogens is 424 g/mol. The van der Waals surface area contributed by atoms with Crippen molar-refractivity contribution in [3.63, 3.8) is 0 Å². The molecule has 0 unspecified atom stereocenters. The van der Waals surface area contributed by atoms with Crippen molar-refractivity contribution in [2.75, 3.05) is 16.6 Å². The molecule has 0 fully saturated rings. The molecular formula is C25H28N2O4S. The molecule has 0 atom stereocenters. The summed E-state index contributed by atoms with van der Waals surface area (Å²) in [5, 5.41) is 2.78. The Morgan fingerprint density at radius 1 is 0.938 bits per heavy atom. The molecule has 3 aromatic rings. The summed E-state index contributed by atoms with van der Waals surface area (Å²) in [6.45, 7) is 6.55. The molecule has 7 heteroatoms. The monoisotopic (exact) mass is 452 g/mol. The summed E-state index contributed by atoms with van der Waals surface area (Å²) in [4.78, 5) is 12.6. The van der Waals surface area contributed by atoms with Crippen LogP contribution in [0.2, 0.25) is 0 Å². The maximum absolute atomic E-state index is 12.7. The number of ether oxygens (including phenoxy) is 1. The molecule has 0 aliphatic heterocycles. The number of benzene rings is 3. The molecule has 32 heavy (non-hydrogen) atoms. The number of carbonyl (C=O) groups is 1. The first kappa shape index (κ1) is 23.3. The van der Waals surface area contributed by atoms with E-state index >= 15 is 0 Å². The third-order valence-electron chi connectivity index (χ3n) is 4.93. The number of rotatable bonds is 9. The minimum absolute atomic E-state index is 0.115. The lowest BCUT2D eigenvalue weighted by Gasteiger charge is -2.12. The van der Waals surface area contributed by atoms with Crippen molar-refractivity contribution < 1.29 is 17.9 Å².